The Labute approximate surface area is 180 Å². The predicted octanol–water partition coefficient (Wildman–Crippen LogP) is 3.60. The van der Waals surface area contributed by atoms with E-state index in [1.165, 1.54) is 12.1 Å². The Balaban J connectivity index is 1.54. The molecule has 0 atom stereocenters. The number of nitrogens with zero attached hydrogens (tertiary/aromatic N) is 2. The van der Waals surface area contributed by atoms with E-state index in [1.54, 1.807) is 55.0 Å². The summed E-state index contributed by atoms with van der Waals surface area (Å²) < 4.78 is 29.7. The fourth-order valence-electron chi connectivity index (χ4n) is 3.16. The number of aromatic nitrogens is 2. The maximum Gasteiger partial charge on any atom is 0.261 e. The summed E-state index contributed by atoms with van der Waals surface area (Å²) in [4.78, 5) is 17.1. The lowest BCUT2D eigenvalue weighted by molar-refractivity contribution is 0.0952. The predicted molar refractivity (Wildman–Crippen MR) is 118 cm³/mol. The van der Waals surface area contributed by atoms with E-state index in [1.807, 2.05) is 35.0 Å². The van der Waals surface area contributed by atoms with E-state index in [4.69, 9.17) is 0 Å². The average Bonchev–Trinajstić information content (AvgIpc) is 3.33. The largest absolute Gasteiger partial charge is 0.348 e. The Kier molecular flexibility index (Phi) is 5.81. The van der Waals surface area contributed by atoms with Crippen molar-refractivity contribution >= 4 is 21.6 Å². The van der Waals surface area contributed by atoms with Gasteiger partial charge in [-0.2, -0.15) is 0 Å². The van der Waals surface area contributed by atoms with Gasteiger partial charge in [0.15, 0.2) is 0 Å². The molecule has 31 heavy (non-hydrogen) atoms. The number of amides is 1. The summed E-state index contributed by atoms with van der Waals surface area (Å²) in [6, 6.07) is 22.2. The zero-order valence-corrected chi connectivity index (χ0v) is 17.3. The van der Waals surface area contributed by atoms with Crippen LogP contribution in [-0.2, 0) is 16.6 Å². The Morgan fingerprint density at radius 3 is 2.39 bits per heavy atom. The second kappa shape index (κ2) is 8.85. The first-order valence-electron chi connectivity index (χ1n) is 9.56. The summed E-state index contributed by atoms with van der Waals surface area (Å²) in [6.45, 7) is 0.271. The maximum absolute atomic E-state index is 12.9. The zero-order valence-electron chi connectivity index (χ0n) is 16.5. The lowest BCUT2D eigenvalue weighted by Crippen LogP contribution is -2.25. The van der Waals surface area contributed by atoms with Gasteiger partial charge >= 0.3 is 0 Å². The highest BCUT2D eigenvalue weighted by Gasteiger charge is 2.18. The van der Waals surface area contributed by atoms with E-state index in [2.05, 4.69) is 15.0 Å². The lowest BCUT2D eigenvalue weighted by Gasteiger charge is -2.14. The molecule has 1 heterocycles. The van der Waals surface area contributed by atoms with Crippen molar-refractivity contribution in [3.63, 3.8) is 0 Å². The molecule has 8 heteroatoms. The molecule has 0 fully saturated rings. The van der Waals surface area contributed by atoms with E-state index in [0.717, 1.165) is 11.3 Å². The summed E-state index contributed by atoms with van der Waals surface area (Å²) in [7, 11) is -3.81. The first-order valence-corrected chi connectivity index (χ1v) is 11.0. The van der Waals surface area contributed by atoms with Gasteiger partial charge in [-0.15, -0.1) is 0 Å². The number of carbonyl (C=O) groups excluding carboxylic acids is 1. The van der Waals surface area contributed by atoms with Gasteiger partial charge in [0, 0.05) is 18.9 Å². The molecule has 4 rings (SSSR count). The molecule has 156 valence electrons. The van der Waals surface area contributed by atoms with E-state index in [-0.39, 0.29) is 28.6 Å². The van der Waals surface area contributed by atoms with Gasteiger partial charge < -0.3 is 9.88 Å². The molecule has 0 spiro atoms. The second-order valence-electron chi connectivity index (χ2n) is 6.75. The van der Waals surface area contributed by atoms with Crippen molar-refractivity contribution in [2.24, 2.45) is 0 Å². The minimum atomic E-state index is -3.81. The molecule has 3 aromatic carbocycles. The van der Waals surface area contributed by atoms with Crippen LogP contribution in [0.2, 0.25) is 0 Å². The van der Waals surface area contributed by atoms with Gasteiger partial charge in [-0.05, 0) is 35.9 Å². The quantitative estimate of drug-likeness (QED) is 0.467. The smallest absolute Gasteiger partial charge is 0.261 e. The van der Waals surface area contributed by atoms with Gasteiger partial charge in [-0.3, -0.25) is 9.52 Å². The first kappa shape index (κ1) is 20.4. The number of nitrogens with one attached hydrogen (secondary N) is 2. The summed E-state index contributed by atoms with van der Waals surface area (Å²) in [5.41, 5.74) is 2.25. The fraction of sp³-hybridized carbons (Fsp3) is 0.0435. The molecule has 1 aromatic heterocycles. The van der Waals surface area contributed by atoms with E-state index in [9.17, 15) is 13.2 Å². The van der Waals surface area contributed by atoms with Crippen LogP contribution in [-0.4, -0.2) is 23.9 Å². The van der Waals surface area contributed by atoms with Crippen molar-refractivity contribution in [3.8, 4) is 5.69 Å². The molecule has 0 saturated carbocycles. The summed E-state index contributed by atoms with van der Waals surface area (Å²) in [6.07, 6.45) is 5.20. The summed E-state index contributed by atoms with van der Waals surface area (Å²) in [5, 5.41) is 2.88. The minimum Gasteiger partial charge on any atom is -0.348 e. The molecule has 0 unspecified atom stereocenters. The normalized spacial score (nSPS) is 11.1. The Hall–Kier alpha value is -3.91. The van der Waals surface area contributed by atoms with Crippen molar-refractivity contribution < 1.29 is 13.2 Å². The van der Waals surface area contributed by atoms with Crippen LogP contribution in [0.3, 0.4) is 0 Å². The van der Waals surface area contributed by atoms with E-state index in [0.29, 0.717) is 0 Å². The number of benzene rings is 3. The van der Waals surface area contributed by atoms with Crippen LogP contribution in [0.15, 0.2) is 102 Å². The molecule has 0 saturated heterocycles. The van der Waals surface area contributed by atoms with Gasteiger partial charge in [-0.25, -0.2) is 13.4 Å². The van der Waals surface area contributed by atoms with Gasteiger partial charge in [0.05, 0.1) is 28.2 Å². The molecule has 2 N–H and O–H groups in total. The van der Waals surface area contributed by atoms with Crippen LogP contribution >= 0.6 is 0 Å². The molecule has 0 bridgehead atoms. The first-order chi connectivity index (χ1) is 15.0. The third-order valence-electron chi connectivity index (χ3n) is 4.68. The van der Waals surface area contributed by atoms with Crippen LogP contribution in [0.25, 0.3) is 5.69 Å². The van der Waals surface area contributed by atoms with E-state index >= 15 is 0 Å². The van der Waals surface area contributed by atoms with Gasteiger partial charge in [-0.1, -0.05) is 48.5 Å². The maximum atomic E-state index is 12.9. The highest BCUT2D eigenvalue weighted by Crippen LogP contribution is 2.21. The molecular weight excluding hydrogens is 412 g/mol. The Bertz CT molecular complexity index is 1290. The highest BCUT2D eigenvalue weighted by atomic mass is 32.2. The van der Waals surface area contributed by atoms with Gasteiger partial charge in [0.1, 0.15) is 0 Å². The second-order valence-corrected chi connectivity index (χ2v) is 8.43. The van der Waals surface area contributed by atoms with Crippen LogP contribution in [0.4, 0.5) is 5.69 Å². The Morgan fingerprint density at radius 2 is 1.61 bits per heavy atom. The number of anilines is 1. The zero-order chi connectivity index (χ0) is 21.7. The summed E-state index contributed by atoms with van der Waals surface area (Å²) in [5.74, 6) is -0.383. The number of sulfonamides is 1. The molecule has 0 radical (unpaired) electrons. The van der Waals surface area contributed by atoms with Crippen molar-refractivity contribution in [2.45, 2.75) is 11.4 Å². The van der Waals surface area contributed by atoms with Crippen LogP contribution in [0.5, 0.6) is 0 Å². The monoisotopic (exact) mass is 432 g/mol. The highest BCUT2D eigenvalue weighted by molar-refractivity contribution is 7.92. The SMILES string of the molecule is O=C(NCc1ccccc1-n1ccnc1)c1ccccc1NS(=O)(=O)c1ccccc1. The van der Waals surface area contributed by atoms with Gasteiger partial charge in [0.25, 0.3) is 15.9 Å². The fourth-order valence-corrected chi connectivity index (χ4v) is 4.26. The van der Waals surface area contributed by atoms with Crippen molar-refractivity contribution in [1.82, 2.24) is 14.9 Å². The number of para-hydroxylation sites is 2. The number of rotatable bonds is 7. The molecule has 1 amide bonds. The van der Waals surface area contributed by atoms with Gasteiger partial charge in [0.2, 0.25) is 0 Å². The van der Waals surface area contributed by atoms with Crippen molar-refractivity contribution in [2.75, 3.05) is 4.72 Å². The van der Waals surface area contributed by atoms with Crippen molar-refractivity contribution in [1.29, 1.82) is 0 Å². The molecule has 0 aliphatic rings. The van der Waals surface area contributed by atoms with E-state index < -0.39 is 10.0 Å². The molecule has 7 nitrogen and oxygen atoms in total. The minimum absolute atomic E-state index is 0.125. The average molecular weight is 433 g/mol. The molecule has 4 aromatic rings. The number of carbonyl (C=O) groups is 1. The topological polar surface area (TPSA) is 93.1 Å². The number of imidazole rings is 1. The molecule has 0 aliphatic carbocycles. The molecular formula is C23H20N4O3S. The number of hydrogen-bond acceptors (Lipinski definition) is 4. The van der Waals surface area contributed by atoms with Crippen LogP contribution in [0, 0.1) is 0 Å². The van der Waals surface area contributed by atoms with Crippen LogP contribution in [0.1, 0.15) is 15.9 Å². The molecule has 0 aliphatic heterocycles. The number of hydrogen-bond donors (Lipinski definition) is 2. The Morgan fingerprint density at radius 1 is 0.903 bits per heavy atom. The van der Waals surface area contributed by atoms with Crippen molar-refractivity contribution in [3.05, 3.63) is 109 Å². The third-order valence-corrected chi connectivity index (χ3v) is 6.06. The third kappa shape index (κ3) is 4.65. The lowest BCUT2D eigenvalue weighted by atomic mass is 10.1. The summed E-state index contributed by atoms with van der Waals surface area (Å²) >= 11 is 0. The standard InChI is InChI=1S/C23H20N4O3S/c28-23(25-16-18-8-4-7-13-22(18)27-15-14-24-17-27)20-11-5-6-12-21(20)26-31(29,30)19-9-2-1-3-10-19/h1-15,17,26H,16H2,(H,25,28). The van der Waals surface area contributed by atoms with Crippen LogP contribution < -0.4 is 10.0 Å².